The van der Waals surface area contributed by atoms with Gasteiger partial charge in [0.05, 0.1) is 18.0 Å². The standard InChI is InChI=1S/C13H20N2.C7H8N2OS.CH2O/c1-2-5-12(6-3-1)9-15-11-13-7-4-8-14-10-13;1-9-7-6(11-9)3-5(10-2)4-8-7;1-2/h4,7-8,10,12,15H,1-3,5-6,9,11H2;3-4H,1-2H3;1H2. The minimum atomic E-state index is 0.823. The van der Waals surface area contributed by atoms with Gasteiger partial charge in [-0.1, -0.05) is 36.9 Å². The molecule has 0 spiro atoms. The van der Waals surface area contributed by atoms with Crippen molar-refractivity contribution < 1.29 is 9.53 Å². The number of carbonyl (C=O) groups is 1. The Labute approximate surface area is 171 Å². The second-order valence-electron chi connectivity index (χ2n) is 6.78. The minimum absolute atomic E-state index is 0.823. The molecule has 0 aromatic carbocycles. The fourth-order valence-electron chi connectivity index (χ4n) is 3.30. The Kier molecular flexibility index (Phi) is 9.65. The molecule has 1 saturated carbocycles. The van der Waals surface area contributed by atoms with Crippen LogP contribution in [0.4, 0.5) is 0 Å². The Bertz CT molecular complexity index is 797. The molecule has 1 N–H and O–H groups in total. The average molecular weight is 403 g/mol. The molecule has 28 heavy (non-hydrogen) atoms. The number of fused-ring (bicyclic) bond motifs is 1. The van der Waals surface area contributed by atoms with E-state index in [0.717, 1.165) is 23.9 Å². The first-order valence-corrected chi connectivity index (χ1v) is 10.4. The van der Waals surface area contributed by atoms with Crippen molar-refractivity contribution >= 4 is 28.7 Å². The van der Waals surface area contributed by atoms with E-state index in [0.29, 0.717) is 0 Å². The van der Waals surface area contributed by atoms with Crippen LogP contribution in [0.15, 0.2) is 36.8 Å². The second kappa shape index (κ2) is 12.3. The van der Waals surface area contributed by atoms with Crippen molar-refractivity contribution in [2.24, 2.45) is 13.0 Å². The number of rotatable bonds is 5. The van der Waals surface area contributed by atoms with E-state index in [-0.39, 0.29) is 0 Å². The summed E-state index contributed by atoms with van der Waals surface area (Å²) < 4.78 is 8.23. The molecule has 3 heterocycles. The number of pyridine rings is 2. The molecular weight excluding hydrogens is 372 g/mol. The number of nitrogens with one attached hydrogen (secondary N) is 1. The zero-order valence-electron chi connectivity index (χ0n) is 16.8. The number of methoxy groups -OCH3 is 1. The van der Waals surface area contributed by atoms with Gasteiger partial charge < -0.3 is 14.8 Å². The first-order chi connectivity index (χ1) is 13.8. The monoisotopic (exact) mass is 402 g/mol. The Hall–Kier alpha value is -2.25. The molecule has 0 saturated heterocycles. The molecule has 3 aromatic rings. The van der Waals surface area contributed by atoms with E-state index >= 15 is 0 Å². The summed E-state index contributed by atoms with van der Waals surface area (Å²) in [6, 6.07) is 6.12. The third-order valence-electron chi connectivity index (χ3n) is 4.79. The van der Waals surface area contributed by atoms with Crippen LogP contribution in [0.25, 0.3) is 10.3 Å². The predicted octanol–water partition coefficient (Wildman–Crippen LogP) is 4.21. The van der Waals surface area contributed by atoms with E-state index in [9.17, 15) is 0 Å². The molecule has 0 bridgehead atoms. The normalized spacial score (nSPS) is 13.9. The highest BCUT2D eigenvalue weighted by Gasteiger charge is 2.12. The summed E-state index contributed by atoms with van der Waals surface area (Å²) in [6.45, 7) is 4.14. The Morgan fingerprint density at radius 3 is 2.68 bits per heavy atom. The van der Waals surface area contributed by atoms with Gasteiger partial charge in [0.2, 0.25) is 0 Å². The Morgan fingerprint density at radius 2 is 2.07 bits per heavy atom. The highest BCUT2D eigenvalue weighted by Crippen LogP contribution is 2.25. The molecule has 0 atom stereocenters. The molecule has 1 fully saturated rings. The largest absolute Gasteiger partial charge is 0.495 e. The first-order valence-electron chi connectivity index (χ1n) is 9.60. The molecule has 1 aliphatic rings. The quantitative estimate of drug-likeness (QED) is 0.692. The van der Waals surface area contributed by atoms with Gasteiger partial charge >= 0.3 is 0 Å². The lowest BCUT2D eigenvalue weighted by molar-refractivity contribution is -0.0979. The highest BCUT2D eigenvalue weighted by molar-refractivity contribution is 7.16. The van der Waals surface area contributed by atoms with Gasteiger partial charge in [0.15, 0.2) is 5.65 Å². The van der Waals surface area contributed by atoms with Crippen molar-refractivity contribution in [2.75, 3.05) is 13.7 Å². The van der Waals surface area contributed by atoms with Crippen molar-refractivity contribution in [1.29, 1.82) is 0 Å². The van der Waals surface area contributed by atoms with Crippen LogP contribution in [0.2, 0.25) is 0 Å². The van der Waals surface area contributed by atoms with Crippen molar-refractivity contribution in [1.82, 2.24) is 19.2 Å². The fraction of sp³-hybridized carbons (Fsp3) is 0.476. The van der Waals surface area contributed by atoms with Gasteiger partial charge in [-0.3, -0.25) is 8.94 Å². The van der Waals surface area contributed by atoms with Crippen molar-refractivity contribution in [2.45, 2.75) is 38.6 Å². The number of nitrogens with zero attached hydrogens (tertiary/aromatic N) is 3. The third kappa shape index (κ3) is 6.73. The van der Waals surface area contributed by atoms with Crippen LogP contribution in [0, 0.1) is 5.92 Å². The summed E-state index contributed by atoms with van der Waals surface area (Å²) in [5, 5.41) is 3.53. The molecular formula is C21H30N4O2S. The number of aryl methyl sites for hydroxylation is 1. The Morgan fingerprint density at radius 1 is 1.29 bits per heavy atom. The molecule has 0 aliphatic heterocycles. The van der Waals surface area contributed by atoms with Gasteiger partial charge in [0, 0.05) is 32.1 Å². The second-order valence-corrected chi connectivity index (χ2v) is 7.95. The molecule has 0 radical (unpaired) electrons. The van der Waals surface area contributed by atoms with Crippen LogP contribution >= 0.6 is 11.5 Å². The van der Waals surface area contributed by atoms with Gasteiger partial charge in [0.25, 0.3) is 0 Å². The molecule has 0 amide bonds. The van der Waals surface area contributed by atoms with Crippen molar-refractivity contribution in [3.8, 4) is 5.75 Å². The van der Waals surface area contributed by atoms with Crippen molar-refractivity contribution in [3.05, 3.63) is 42.4 Å². The maximum atomic E-state index is 8.00. The van der Waals surface area contributed by atoms with Gasteiger partial charge in [-0.05, 0) is 36.9 Å². The average Bonchev–Trinajstić information content (AvgIpc) is 2.76. The van der Waals surface area contributed by atoms with Crippen LogP contribution in [0.3, 0.4) is 0 Å². The van der Waals surface area contributed by atoms with Gasteiger partial charge in [-0.15, -0.1) is 0 Å². The zero-order chi connectivity index (χ0) is 20.2. The molecule has 0 unspecified atom stereocenters. The molecule has 3 aromatic heterocycles. The smallest absolute Gasteiger partial charge is 0.160 e. The van der Waals surface area contributed by atoms with E-state index in [2.05, 4.69) is 21.4 Å². The number of aromatic nitrogens is 3. The zero-order valence-corrected chi connectivity index (χ0v) is 17.6. The Balaban J connectivity index is 0.000000191. The fourth-order valence-corrected chi connectivity index (χ4v) is 4.14. The molecule has 152 valence electrons. The SMILES string of the molecule is C=O.COc1cnc2c(c1)sn2C.c1cncc(CNCC2CCCCC2)c1. The molecule has 6 nitrogen and oxygen atoms in total. The highest BCUT2D eigenvalue weighted by atomic mass is 32.1. The van der Waals surface area contributed by atoms with E-state index in [1.807, 2.05) is 42.3 Å². The lowest BCUT2D eigenvalue weighted by atomic mass is 9.89. The van der Waals surface area contributed by atoms with Gasteiger partial charge in [-0.25, -0.2) is 4.98 Å². The maximum Gasteiger partial charge on any atom is 0.160 e. The number of ether oxygens (including phenoxy) is 1. The summed E-state index contributed by atoms with van der Waals surface area (Å²) >= 11 is 1.67. The summed E-state index contributed by atoms with van der Waals surface area (Å²) in [4.78, 5) is 16.3. The van der Waals surface area contributed by atoms with E-state index < -0.39 is 0 Å². The van der Waals surface area contributed by atoms with E-state index in [1.165, 1.54) is 48.9 Å². The first kappa shape index (κ1) is 22.0. The summed E-state index contributed by atoms with van der Waals surface area (Å²) in [5.41, 5.74) is 2.32. The van der Waals surface area contributed by atoms with E-state index in [1.54, 1.807) is 24.8 Å². The number of carbonyl (C=O) groups excluding carboxylic acids is 1. The van der Waals surface area contributed by atoms with Crippen LogP contribution in [-0.4, -0.2) is 34.4 Å². The molecule has 1 aliphatic carbocycles. The van der Waals surface area contributed by atoms with Crippen LogP contribution in [0.5, 0.6) is 5.75 Å². The van der Waals surface area contributed by atoms with Crippen molar-refractivity contribution in [3.63, 3.8) is 0 Å². The number of hydrogen-bond acceptors (Lipinski definition) is 6. The summed E-state index contributed by atoms with van der Waals surface area (Å²) in [7, 11) is 3.64. The molecule has 4 rings (SSSR count). The predicted molar refractivity (Wildman–Crippen MR) is 115 cm³/mol. The lowest BCUT2D eigenvalue weighted by Crippen LogP contribution is -2.24. The van der Waals surface area contributed by atoms with Crippen LogP contribution < -0.4 is 10.1 Å². The minimum Gasteiger partial charge on any atom is -0.495 e. The maximum absolute atomic E-state index is 8.00. The summed E-state index contributed by atoms with van der Waals surface area (Å²) in [6.07, 6.45) is 12.6. The van der Waals surface area contributed by atoms with E-state index in [4.69, 9.17) is 9.53 Å². The lowest BCUT2D eigenvalue weighted by Gasteiger charge is -2.21. The number of hydrogen-bond donors (Lipinski definition) is 1. The van der Waals surface area contributed by atoms with Crippen LogP contribution in [0.1, 0.15) is 37.7 Å². The van der Waals surface area contributed by atoms with Gasteiger partial charge in [0.1, 0.15) is 12.5 Å². The van der Waals surface area contributed by atoms with Gasteiger partial charge in [-0.2, -0.15) is 0 Å². The summed E-state index contributed by atoms with van der Waals surface area (Å²) in [5.74, 6) is 1.74. The van der Waals surface area contributed by atoms with Crippen LogP contribution in [-0.2, 0) is 18.4 Å². The molecule has 7 heteroatoms. The topological polar surface area (TPSA) is 69.0 Å². The third-order valence-corrected chi connectivity index (χ3v) is 5.73.